The first-order valence-corrected chi connectivity index (χ1v) is 9.62. The number of ether oxygens (including phenoxy) is 2. The first-order chi connectivity index (χ1) is 13.5. The summed E-state index contributed by atoms with van der Waals surface area (Å²) in [7, 11) is 0. The second-order valence-corrected chi connectivity index (χ2v) is 8.12. The van der Waals surface area contributed by atoms with Crippen molar-refractivity contribution in [3.63, 3.8) is 0 Å². The van der Waals surface area contributed by atoms with Crippen LogP contribution in [0.4, 0.5) is 18.9 Å². The molecular weight excluding hydrogens is 389 g/mol. The number of cyclic esters (lactones) is 1. The lowest BCUT2D eigenvalue weighted by molar-refractivity contribution is -0.189. The van der Waals surface area contributed by atoms with Crippen LogP contribution < -0.4 is 9.64 Å². The summed E-state index contributed by atoms with van der Waals surface area (Å²) < 4.78 is 46.9. The van der Waals surface area contributed by atoms with Gasteiger partial charge in [-0.2, -0.15) is 13.2 Å². The van der Waals surface area contributed by atoms with E-state index in [1.165, 1.54) is 12.1 Å². The number of alkyl halides is 3. The molecule has 0 radical (unpaired) electrons. The van der Waals surface area contributed by atoms with Crippen LogP contribution in [0.1, 0.15) is 26.7 Å². The molecule has 29 heavy (non-hydrogen) atoms. The van der Waals surface area contributed by atoms with Crippen LogP contribution in [0, 0.1) is 5.41 Å². The van der Waals surface area contributed by atoms with E-state index < -0.39 is 17.6 Å². The molecule has 2 aliphatic rings. The van der Waals surface area contributed by atoms with Crippen molar-refractivity contribution in [1.29, 1.82) is 0 Å². The van der Waals surface area contributed by atoms with Crippen LogP contribution in [0.2, 0.25) is 0 Å². The zero-order valence-electron chi connectivity index (χ0n) is 16.5. The Kier molecular flexibility index (Phi) is 6.07. The predicted molar refractivity (Wildman–Crippen MR) is 99.7 cm³/mol. The summed E-state index contributed by atoms with van der Waals surface area (Å²) in [5, 5.41) is 0. The lowest BCUT2D eigenvalue weighted by Gasteiger charge is -2.36. The summed E-state index contributed by atoms with van der Waals surface area (Å²) in [5.74, 6) is -2.49. The molecule has 2 saturated heterocycles. The van der Waals surface area contributed by atoms with Crippen molar-refractivity contribution >= 4 is 17.6 Å². The number of esters is 2. The van der Waals surface area contributed by atoms with E-state index in [1.807, 2.05) is 18.7 Å². The maximum atomic E-state index is 12.4. The number of rotatable bonds is 5. The third kappa shape index (κ3) is 5.41. The zero-order chi connectivity index (χ0) is 21.2. The average molecular weight is 414 g/mol. The number of carbonyl (C=O) groups is 2. The lowest BCUT2D eigenvalue weighted by atomic mass is 9.89. The number of benzene rings is 1. The van der Waals surface area contributed by atoms with E-state index in [4.69, 9.17) is 4.74 Å². The molecule has 0 aromatic heterocycles. The summed E-state index contributed by atoms with van der Waals surface area (Å²) >= 11 is 0. The fourth-order valence-electron chi connectivity index (χ4n) is 3.63. The third-order valence-corrected chi connectivity index (χ3v) is 5.33. The quantitative estimate of drug-likeness (QED) is 0.545. The zero-order valence-corrected chi connectivity index (χ0v) is 16.5. The summed E-state index contributed by atoms with van der Waals surface area (Å²) in [4.78, 5) is 27.1. The van der Waals surface area contributed by atoms with Gasteiger partial charge in [-0.15, -0.1) is 0 Å². The van der Waals surface area contributed by atoms with Crippen LogP contribution >= 0.6 is 0 Å². The van der Waals surface area contributed by atoms with Crippen molar-refractivity contribution in [2.75, 3.05) is 37.6 Å². The molecule has 0 spiro atoms. The predicted octanol–water partition coefficient (Wildman–Crippen LogP) is 3.01. The van der Waals surface area contributed by atoms with Gasteiger partial charge in [0.05, 0.1) is 5.41 Å². The monoisotopic (exact) mass is 414 g/mol. The molecule has 160 valence electrons. The highest BCUT2D eigenvalue weighted by molar-refractivity contribution is 5.78. The molecule has 0 N–H and O–H groups in total. The largest absolute Gasteiger partial charge is 0.491 e. The molecule has 0 unspecified atom stereocenters. The standard InChI is InChI=1S/C20H25F3N2O4/c1-19(2)13-16(29-17(19)26)6-7-24-8-10-25(11-9-24)14-4-3-5-15(12-14)28-18(27)20(21,22)23/h3-5,12,16H,6-11,13H2,1-2H3/t16-/m1/s1. The number of piperazine rings is 1. The van der Waals surface area contributed by atoms with Gasteiger partial charge in [-0.25, -0.2) is 4.79 Å². The molecule has 1 atom stereocenters. The van der Waals surface area contributed by atoms with Gasteiger partial charge in [0.25, 0.3) is 0 Å². The molecule has 1 aromatic carbocycles. The van der Waals surface area contributed by atoms with Crippen LogP contribution in [0.3, 0.4) is 0 Å². The van der Waals surface area contributed by atoms with Crippen LogP contribution in [0.15, 0.2) is 24.3 Å². The molecule has 2 heterocycles. The topological polar surface area (TPSA) is 59.1 Å². The first-order valence-electron chi connectivity index (χ1n) is 9.62. The van der Waals surface area contributed by atoms with Crippen LogP contribution in [0.25, 0.3) is 0 Å². The summed E-state index contributed by atoms with van der Waals surface area (Å²) in [6.45, 7) is 7.60. The Bertz CT molecular complexity index is 758. The van der Waals surface area contributed by atoms with Crippen molar-refractivity contribution < 1.29 is 32.2 Å². The van der Waals surface area contributed by atoms with Crippen molar-refractivity contribution in [1.82, 2.24) is 4.90 Å². The van der Waals surface area contributed by atoms with E-state index in [0.717, 1.165) is 32.5 Å². The van der Waals surface area contributed by atoms with Gasteiger partial charge in [-0.1, -0.05) is 6.07 Å². The molecule has 3 rings (SSSR count). The summed E-state index contributed by atoms with van der Waals surface area (Å²) in [6, 6.07) is 6.12. The number of halogens is 3. The highest BCUT2D eigenvalue weighted by atomic mass is 19.4. The first kappa shape index (κ1) is 21.4. The van der Waals surface area contributed by atoms with Gasteiger partial charge in [-0.3, -0.25) is 9.69 Å². The Morgan fingerprint density at radius 3 is 2.52 bits per heavy atom. The molecule has 0 aliphatic carbocycles. The fraction of sp³-hybridized carbons (Fsp3) is 0.600. The Morgan fingerprint density at radius 2 is 1.93 bits per heavy atom. The van der Waals surface area contributed by atoms with Crippen molar-refractivity contribution in [2.24, 2.45) is 5.41 Å². The van der Waals surface area contributed by atoms with E-state index >= 15 is 0 Å². The normalized spacial score (nSPS) is 22.4. The Labute approximate surface area is 167 Å². The van der Waals surface area contributed by atoms with E-state index in [-0.39, 0.29) is 17.8 Å². The second kappa shape index (κ2) is 8.22. The molecule has 0 amide bonds. The SMILES string of the molecule is CC1(C)C[C@@H](CCN2CCN(c3cccc(OC(=O)C(F)(F)F)c3)CC2)OC1=O. The fourth-order valence-corrected chi connectivity index (χ4v) is 3.63. The van der Waals surface area contributed by atoms with Crippen LogP contribution in [-0.2, 0) is 14.3 Å². The molecular formula is C20H25F3N2O4. The molecule has 2 aliphatic heterocycles. The average Bonchev–Trinajstić information content (AvgIpc) is 2.92. The van der Waals surface area contributed by atoms with E-state index in [2.05, 4.69) is 9.64 Å². The third-order valence-electron chi connectivity index (χ3n) is 5.33. The molecule has 6 nitrogen and oxygen atoms in total. The van der Waals surface area contributed by atoms with Gasteiger partial charge >= 0.3 is 18.1 Å². The Morgan fingerprint density at radius 1 is 1.24 bits per heavy atom. The maximum Gasteiger partial charge on any atom is 0.491 e. The molecule has 0 saturated carbocycles. The molecule has 9 heteroatoms. The van der Waals surface area contributed by atoms with Gasteiger partial charge in [0.15, 0.2) is 0 Å². The smallest absolute Gasteiger partial charge is 0.462 e. The minimum absolute atomic E-state index is 0.0458. The number of anilines is 1. The maximum absolute atomic E-state index is 12.4. The van der Waals surface area contributed by atoms with Crippen LogP contribution in [-0.4, -0.2) is 61.8 Å². The highest BCUT2D eigenvalue weighted by Gasteiger charge is 2.42. The number of nitrogens with zero attached hydrogens (tertiary/aromatic N) is 2. The van der Waals surface area contributed by atoms with Gasteiger partial charge in [0.2, 0.25) is 0 Å². The van der Waals surface area contributed by atoms with Gasteiger partial charge in [0.1, 0.15) is 11.9 Å². The molecule has 0 bridgehead atoms. The van der Waals surface area contributed by atoms with E-state index in [1.54, 1.807) is 12.1 Å². The lowest BCUT2D eigenvalue weighted by Crippen LogP contribution is -2.47. The second-order valence-electron chi connectivity index (χ2n) is 8.12. The molecule has 2 fully saturated rings. The summed E-state index contributed by atoms with van der Waals surface area (Å²) in [6.07, 6.45) is -3.55. The summed E-state index contributed by atoms with van der Waals surface area (Å²) in [5.41, 5.74) is 0.299. The van der Waals surface area contributed by atoms with Gasteiger partial charge < -0.3 is 14.4 Å². The van der Waals surface area contributed by atoms with Crippen molar-refractivity contribution in [3.8, 4) is 5.75 Å². The van der Waals surface area contributed by atoms with E-state index in [9.17, 15) is 22.8 Å². The number of hydrogen-bond acceptors (Lipinski definition) is 6. The number of carbonyl (C=O) groups excluding carboxylic acids is 2. The highest BCUT2D eigenvalue weighted by Crippen LogP contribution is 2.34. The van der Waals surface area contributed by atoms with Gasteiger partial charge in [-0.05, 0) is 38.8 Å². The molecule has 1 aromatic rings. The Hall–Kier alpha value is -2.29. The van der Waals surface area contributed by atoms with Crippen molar-refractivity contribution in [3.05, 3.63) is 24.3 Å². The van der Waals surface area contributed by atoms with Gasteiger partial charge in [0, 0.05) is 44.5 Å². The minimum atomic E-state index is -5.02. The minimum Gasteiger partial charge on any atom is -0.462 e. The number of hydrogen-bond donors (Lipinski definition) is 0. The van der Waals surface area contributed by atoms with Crippen LogP contribution in [0.5, 0.6) is 5.75 Å². The van der Waals surface area contributed by atoms with Crippen molar-refractivity contribution in [2.45, 2.75) is 39.0 Å². The van der Waals surface area contributed by atoms with E-state index in [0.29, 0.717) is 18.8 Å². The Balaban J connectivity index is 1.48.